The van der Waals surface area contributed by atoms with Gasteiger partial charge >= 0.3 is 16.5 Å². The van der Waals surface area contributed by atoms with Crippen molar-refractivity contribution >= 4 is 11.9 Å². The number of nitrogens with zero attached hydrogens (tertiary/aromatic N) is 3. The second-order valence-electron chi connectivity index (χ2n) is 9.95. The fourth-order valence-corrected chi connectivity index (χ4v) is 3.26. The zero-order chi connectivity index (χ0) is 24.1. The van der Waals surface area contributed by atoms with E-state index in [9.17, 15) is 10.2 Å². The molecule has 0 unspecified atom stereocenters. The Morgan fingerprint density at radius 1 is 0.788 bits per heavy atom. The van der Waals surface area contributed by atoms with Gasteiger partial charge in [0.2, 0.25) is 0 Å². The molecule has 6 heteroatoms. The van der Waals surface area contributed by atoms with Crippen molar-refractivity contribution in [2.75, 3.05) is 0 Å². The molecule has 0 fully saturated rings. The van der Waals surface area contributed by atoms with E-state index in [0.717, 1.165) is 11.4 Å². The van der Waals surface area contributed by atoms with Crippen molar-refractivity contribution in [3.63, 3.8) is 0 Å². The first kappa shape index (κ1) is 28.3. The Morgan fingerprint density at radius 3 is 1.67 bits per heavy atom. The van der Waals surface area contributed by atoms with Gasteiger partial charge in [-0.05, 0) is 35.8 Å². The molecule has 0 aliphatic heterocycles. The van der Waals surface area contributed by atoms with Crippen LogP contribution in [0.2, 0.25) is 0 Å². The zero-order valence-corrected chi connectivity index (χ0v) is 21.7. The number of rotatable bonds is 2. The van der Waals surface area contributed by atoms with E-state index >= 15 is 0 Å². The van der Waals surface area contributed by atoms with Gasteiger partial charge in [-0.15, -0.1) is 11.5 Å². The summed E-state index contributed by atoms with van der Waals surface area (Å²) in [5, 5.41) is 23.9. The third-order valence-electron chi connectivity index (χ3n) is 5.08. The summed E-state index contributed by atoms with van der Waals surface area (Å²) in [5.41, 5.74) is 4.77. The summed E-state index contributed by atoms with van der Waals surface area (Å²) in [6, 6.07) is 9.73. The number of para-hydroxylation sites is 1. The predicted octanol–water partition coefficient (Wildman–Crippen LogP) is 5.27. The molecular formula is C27H33N3NiO2. The van der Waals surface area contributed by atoms with Gasteiger partial charge in [-0.3, -0.25) is 15.0 Å². The normalized spacial score (nSPS) is 11.5. The number of hydrogen-bond donors (Lipinski definition) is 0. The molecule has 3 rings (SSSR count). The Hall–Kier alpha value is -2.72. The maximum absolute atomic E-state index is 12.0. The standard InChI is InChI=1S/C14H22O2.C13H13N3.Ni/c1-13(2,3)9-7-8-10(14(4,5)6)12(16)11(9)15;1-10-4-3-5-11(2)13(10)16-9-12-8-14-6-7-15-12;/h7-8,15-16H,1-6H3;3-9H,1-2H3;/q;;+2/p-2. The van der Waals surface area contributed by atoms with Crippen LogP contribution in [0.15, 0.2) is 53.9 Å². The van der Waals surface area contributed by atoms with Gasteiger partial charge in [-0.25, -0.2) is 0 Å². The van der Waals surface area contributed by atoms with Crippen LogP contribution in [0.3, 0.4) is 0 Å². The van der Waals surface area contributed by atoms with E-state index in [0.29, 0.717) is 11.1 Å². The van der Waals surface area contributed by atoms with Crippen LogP contribution in [0, 0.1) is 13.8 Å². The first-order valence-corrected chi connectivity index (χ1v) is 10.7. The molecule has 1 aromatic heterocycles. The molecule has 33 heavy (non-hydrogen) atoms. The maximum Gasteiger partial charge on any atom is 2.00 e. The molecule has 0 atom stereocenters. The fraction of sp³-hybridized carbons (Fsp3) is 0.370. The molecule has 0 spiro atoms. The average molecular weight is 490 g/mol. The Kier molecular flexibility index (Phi) is 9.80. The van der Waals surface area contributed by atoms with Crippen LogP contribution in [0.5, 0.6) is 11.5 Å². The maximum atomic E-state index is 12.0. The molecule has 0 bridgehead atoms. The quantitative estimate of drug-likeness (QED) is 0.362. The Bertz CT molecular complexity index is 1020. The molecule has 0 saturated heterocycles. The van der Waals surface area contributed by atoms with Gasteiger partial charge in [-0.1, -0.05) is 83.0 Å². The molecule has 1 heterocycles. The summed E-state index contributed by atoms with van der Waals surface area (Å²) in [4.78, 5) is 12.6. The van der Waals surface area contributed by atoms with Gasteiger partial charge in [0.1, 0.15) is 0 Å². The molecule has 3 aromatic rings. The van der Waals surface area contributed by atoms with E-state index in [-0.39, 0.29) is 38.8 Å². The molecular weight excluding hydrogens is 457 g/mol. The summed E-state index contributed by atoms with van der Waals surface area (Å²) in [7, 11) is 0. The van der Waals surface area contributed by atoms with E-state index in [4.69, 9.17) is 0 Å². The molecule has 0 aliphatic carbocycles. The molecule has 0 N–H and O–H groups in total. The monoisotopic (exact) mass is 489 g/mol. The van der Waals surface area contributed by atoms with Gasteiger partial charge in [0, 0.05) is 12.4 Å². The van der Waals surface area contributed by atoms with Crippen molar-refractivity contribution in [2.45, 2.75) is 66.2 Å². The fourth-order valence-electron chi connectivity index (χ4n) is 3.26. The molecule has 0 saturated carbocycles. The second-order valence-corrected chi connectivity index (χ2v) is 9.95. The summed E-state index contributed by atoms with van der Waals surface area (Å²) in [6.45, 7) is 15.8. The van der Waals surface area contributed by atoms with Crippen LogP contribution >= 0.6 is 0 Å². The topological polar surface area (TPSA) is 84.3 Å². The molecule has 5 nitrogen and oxygen atoms in total. The van der Waals surface area contributed by atoms with Crippen molar-refractivity contribution in [1.82, 2.24) is 9.97 Å². The van der Waals surface area contributed by atoms with Crippen LogP contribution in [-0.4, -0.2) is 16.2 Å². The van der Waals surface area contributed by atoms with Gasteiger partial charge < -0.3 is 10.2 Å². The van der Waals surface area contributed by atoms with Gasteiger partial charge in [0.25, 0.3) is 0 Å². The average Bonchev–Trinajstić information content (AvgIpc) is 2.69. The Morgan fingerprint density at radius 2 is 1.27 bits per heavy atom. The van der Waals surface area contributed by atoms with Crippen LogP contribution in [-0.2, 0) is 27.3 Å². The van der Waals surface area contributed by atoms with Crippen LogP contribution in [0.25, 0.3) is 0 Å². The first-order chi connectivity index (χ1) is 14.8. The minimum atomic E-state index is -0.347. The van der Waals surface area contributed by atoms with E-state index in [1.165, 1.54) is 11.1 Å². The van der Waals surface area contributed by atoms with Crippen LogP contribution in [0.4, 0.5) is 5.69 Å². The van der Waals surface area contributed by atoms with Crippen LogP contribution < -0.4 is 10.2 Å². The molecule has 2 aromatic carbocycles. The van der Waals surface area contributed by atoms with E-state index < -0.39 is 0 Å². The van der Waals surface area contributed by atoms with E-state index in [1.54, 1.807) is 36.9 Å². The van der Waals surface area contributed by atoms with Crippen molar-refractivity contribution in [3.8, 4) is 11.5 Å². The molecule has 178 valence electrons. The number of aliphatic imine (C=N–C) groups is 1. The van der Waals surface area contributed by atoms with Crippen LogP contribution in [0.1, 0.15) is 69.5 Å². The smallest absolute Gasteiger partial charge is 0.873 e. The van der Waals surface area contributed by atoms with Crippen molar-refractivity contribution in [1.29, 1.82) is 0 Å². The summed E-state index contributed by atoms with van der Waals surface area (Å²) >= 11 is 0. The van der Waals surface area contributed by atoms with Crippen molar-refractivity contribution in [3.05, 3.63) is 76.9 Å². The minimum absolute atomic E-state index is 0. The van der Waals surface area contributed by atoms with E-state index in [2.05, 4.69) is 40.9 Å². The minimum Gasteiger partial charge on any atom is -0.873 e. The number of aromatic nitrogens is 2. The third kappa shape index (κ3) is 7.68. The SMILES string of the molecule is CC(C)(C)c1ccc(C(C)(C)C)c([O-])c1[O-].Cc1cccc(C)c1N=Cc1cnccn1.[Ni+2]. The molecule has 0 amide bonds. The number of benzene rings is 2. The van der Waals surface area contributed by atoms with Gasteiger partial charge in [-0.2, -0.15) is 0 Å². The van der Waals surface area contributed by atoms with E-state index in [1.807, 2.05) is 47.6 Å². The number of hydrogen-bond acceptors (Lipinski definition) is 5. The second kappa shape index (κ2) is 11.4. The Labute approximate surface area is 208 Å². The summed E-state index contributed by atoms with van der Waals surface area (Å²) in [6.07, 6.45) is 6.74. The summed E-state index contributed by atoms with van der Waals surface area (Å²) < 4.78 is 0. The Balaban J connectivity index is 0.000000320. The van der Waals surface area contributed by atoms with Crippen molar-refractivity contribution < 1.29 is 26.7 Å². The molecule has 0 radical (unpaired) electrons. The largest absolute Gasteiger partial charge is 2.00 e. The summed E-state index contributed by atoms with van der Waals surface area (Å²) in [5.74, 6) is -0.695. The first-order valence-electron chi connectivity index (χ1n) is 10.7. The third-order valence-corrected chi connectivity index (χ3v) is 5.08. The number of aryl methyl sites for hydroxylation is 2. The van der Waals surface area contributed by atoms with Gasteiger partial charge in [0.05, 0.1) is 23.8 Å². The molecule has 0 aliphatic rings. The predicted molar refractivity (Wildman–Crippen MR) is 128 cm³/mol. The zero-order valence-electron chi connectivity index (χ0n) is 20.7. The van der Waals surface area contributed by atoms with Gasteiger partial charge in [0.15, 0.2) is 0 Å². The van der Waals surface area contributed by atoms with Crippen molar-refractivity contribution in [2.24, 2.45) is 4.99 Å².